The second-order valence-corrected chi connectivity index (χ2v) is 2.89. The quantitative estimate of drug-likeness (QED) is 0.732. The summed E-state index contributed by atoms with van der Waals surface area (Å²) in [7, 11) is 0. The lowest BCUT2D eigenvalue weighted by Gasteiger charge is -1.92. The number of benzene rings is 1. The summed E-state index contributed by atoms with van der Waals surface area (Å²) >= 11 is 0. The Morgan fingerprint density at radius 2 is 1.85 bits per heavy atom. The zero-order valence-electron chi connectivity index (χ0n) is 6.98. The van der Waals surface area contributed by atoms with Crippen molar-refractivity contribution in [2.45, 2.75) is 13.3 Å². The third kappa shape index (κ3) is 1.20. The summed E-state index contributed by atoms with van der Waals surface area (Å²) in [4.78, 5) is 2.85. The van der Waals surface area contributed by atoms with Gasteiger partial charge in [-0.05, 0) is 6.07 Å². The van der Waals surface area contributed by atoms with Crippen LogP contribution in [-0.2, 0) is 13.3 Å². The fourth-order valence-corrected chi connectivity index (χ4v) is 1.52. The molecule has 3 heteroatoms. The summed E-state index contributed by atoms with van der Waals surface area (Å²) in [5.74, 6) is 0. The molecule has 1 N–H and O–H groups in total. The first-order valence-electron chi connectivity index (χ1n) is 4.07. The lowest BCUT2D eigenvalue weighted by Crippen LogP contribution is -1.84. The summed E-state index contributed by atoms with van der Waals surface area (Å²) in [5.41, 5.74) is 1.59. The number of nitrogens with one attached hydrogen (secondary N) is 1. The largest absolute Gasteiger partial charge is 0.356 e. The highest BCUT2D eigenvalue weighted by molar-refractivity contribution is 5.84. The zero-order valence-corrected chi connectivity index (χ0v) is 6.98. The topological polar surface area (TPSA) is 15.8 Å². The summed E-state index contributed by atoms with van der Waals surface area (Å²) in [5, 5.41) is 0.776. The van der Waals surface area contributed by atoms with Gasteiger partial charge in [-0.25, -0.2) is 8.78 Å². The van der Waals surface area contributed by atoms with E-state index in [1.807, 2.05) is 18.2 Å². The second-order valence-electron chi connectivity index (χ2n) is 2.89. The summed E-state index contributed by atoms with van der Waals surface area (Å²) in [6.45, 7) is -1.27. The number of rotatable bonds is 2. The molecule has 0 aliphatic carbocycles. The summed E-state index contributed by atoms with van der Waals surface area (Å²) in [6, 6.07) is 7.26. The number of aromatic amines is 1. The van der Waals surface area contributed by atoms with Crippen LogP contribution in [0.2, 0.25) is 0 Å². The van der Waals surface area contributed by atoms with Crippen LogP contribution in [0.5, 0.6) is 0 Å². The average molecular weight is 181 g/mol. The number of fused-ring (bicyclic) bond motifs is 1. The monoisotopic (exact) mass is 181 g/mol. The van der Waals surface area contributed by atoms with Gasteiger partial charge in [0.05, 0.1) is 5.69 Å². The third-order valence-corrected chi connectivity index (χ3v) is 2.17. The second kappa shape index (κ2) is 3.17. The lowest BCUT2D eigenvalue weighted by atomic mass is 10.1. The van der Waals surface area contributed by atoms with Crippen molar-refractivity contribution in [1.29, 1.82) is 0 Å². The van der Waals surface area contributed by atoms with Gasteiger partial charge in [-0.2, -0.15) is 0 Å². The Kier molecular flexibility index (Phi) is 2.00. The van der Waals surface area contributed by atoms with Crippen LogP contribution in [0, 0.1) is 0 Å². The molecule has 0 saturated heterocycles. The van der Waals surface area contributed by atoms with Crippen LogP contribution in [0.25, 0.3) is 10.9 Å². The number of hydrogen-bond acceptors (Lipinski definition) is 0. The van der Waals surface area contributed by atoms with Crippen molar-refractivity contribution in [3.8, 4) is 0 Å². The molecule has 0 aliphatic rings. The van der Waals surface area contributed by atoms with Crippen molar-refractivity contribution in [3.63, 3.8) is 0 Å². The molecule has 0 unspecified atom stereocenters. The van der Waals surface area contributed by atoms with Crippen molar-refractivity contribution >= 4 is 10.9 Å². The summed E-state index contributed by atoms with van der Waals surface area (Å²) < 4.78 is 25.0. The molecule has 1 heterocycles. The van der Waals surface area contributed by atoms with Gasteiger partial charge in [0.15, 0.2) is 0 Å². The minimum atomic E-state index is -0.645. The van der Waals surface area contributed by atoms with E-state index in [1.54, 1.807) is 6.07 Å². The Labute approximate surface area is 74.4 Å². The first kappa shape index (κ1) is 8.23. The molecule has 2 rings (SSSR count). The minimum absolute atomic E-state index is 0.351. The molecule has 1 aromatic heterocycles. The van der Waals surface area contributed by atoms with Crippen LogP contribution in [0.4, 0.5) is 8.78 Å². The van der Waals surface area contributed by atoms with E-state index in [-0.39, 0.29) is 0 Å². The SMILES string of the molecule is FCc1[nH]c2ccccc2c1CF. The molecule has 0 atom stereocenters. The zero-order chi connectivity index (χ0) is 9.26. The van der Waals surface area contributed by atoms with E-state index in [1.165, 1.54) is 0 Å². The van der Waals surface area contributed by atoms with E-state index < -0.39 is 13.3 Å². The number of halogens is 2. The summed E-state index contributed by atoms with van der Waals surface area (Å²) in [6.07, 6.45) is 0. The van der Waals surface area contributed by atoms with Crippen molar-refractivity contribution in [2.75, 3.05) is 0 Å². The molecular weight excluding hydrogens is 172 g/mol. The predicted octanol–water partition coefficient (Wildman–Crippen LogP) is 3.11. The first-order valence-corrected chi connectivity index (χ1v) is 4.07. The molecule has 0 aliphatic heterocycles. The van der Waals surface area contributed by atoms with Crippen molar-refractivity contribution in [2.24, 2.45) is 0 Å². The number of H-pyrrole nitrogens is 1. The molecular formula is C10H9F2N. The molecule has 1 nitrogen and oxygen atoms in total. The molecule has 0 spiro atoms. The van der Waals surface area contributed by atoms with Crippen LogP contribution in [0.1, 0.15) is 11.3 Å². The Morgan fingerprint density at radius 3 is 2.54 bits per heavy atom. The fourth-order valence-electron chi connectivity index (χ4n) is 1.52. The fraction of sp³-hybridized carbons (Fsp3) is 0.200. The van der Waals surface area contributed by atoms with Crippen LogP contribution >= 0.6 is 0 Å². The number of aromatic nitrogens is 1. The van der Waals surface area contributed by atoms with Gasteiger partial charge in [0.2, 0.25) is 0 Å². The molecule has 0 bridgehead atoms. The van der Waals surface area contributed by atoms with Gasteiger partial charge in [-0.15, -0.1) is 0 Å². The average Bonchev–Trinajstić information content (AvgIpc) is 2.55. The van der Waals surface area contributed by atoms with Crippen LogP contribution in [-0.4, -0.2) is 4.98 Å². The van der Waals surface area contributed by atoms with Crippen molar-refractivity contribution in [3.05, 3.63) is 35.5 Å². The van der Waals surface area contributed by atoms with Gasteiger partial charge in [-0.1, -0.05) is 18.2 Å². The van der Waals surface area contributed by atoms with Crippen LogP contribution in [0.3, 0.4) is 0 Å². The molecule has 0 fully saturated rings. The van der Waals surface area contributed by atoms with Gasteiger partial charge < -0.3 is 4.98 Å². The molecule has 0 amide bonds. The Balaban J connectivity index is 2.73. The van der Waals surface area contributed by atoms with E-state index in [2.05, 4.69) is 4.98 Å². The van der Waals surface area contributed by atoms with E-state index in [0.29, 0.717) is 11.3 Å². The smallest absolute Gasteiger partial charge is 0.130 e. The molecule has 1 aromatic carbocycles. The molecule has 68 valence electrons. The van der Waals surface area contributed by atoms with E-state index in [4.69, 9.17) is 0 Å². The van der Waals surface area contributed by atoms with Gasteiger partial charge in [0.1, 0.15) is 13.3 Å². The maximum Gasteiger partial charge on any atom is 0.130 e. The standard InChI is InChI=1S/C10H9F2N/c11-5-8-7-3-1-2-4-9(7)13-10(8)6-12/h1-4,13H,5-6H2. The van der Waals surface area contributed by atoms with Gasteiger partial charge in [-0.3, -0.25) is 0 Å². The Hall–Kier alpha value is -1.38. The van der Waals surface area contributed by atoms with Gasteiger partial charge in [0, 0.05) is 16.5 Å². The Morgan fingerprint density at radius 1 is 1.08 bits per heavy atom. The van der Waals surface area contributed by atoms with Crippen LogP contribution < -0.4 is 0 Å². The highest BCUT2D eigenvalue weighted by Crippen LogP contribution is 2.23. The van der Waals surface area contributed by atoms with Crippen molar-refractivity contribution < 1.29 is 8.78 Å². The molecule has 2 aromatic rings. The van der Waals surface area contributed by atoms with Gasteiger partial charge in [0.25, 0.3) is 0 Å². The van der Waals surface area contributed by atoms with Crippen LogP contribution in [0.15, 0.2) is 24.3 Å². The highest BCUT2D eigenvalue weighted by atomic mass is 19.1. The first-order chi connectivity index (χ1) is 6.36. The normalized spacial score (nSPS) is 10.9. The molecule has 0 radical (unpaired) electrons. The van der Waals surface area contributed by atoms with Crippen molar-refractivity contribution in [1.82, 2.24) is 4.98 Å². The number of hydrogen-bond donors (Lipinski definition) is 1. The third-order valence-electron chi connectivity index (χ3n) is 2.17. The van der Waals surface area contributed by atoms with E-state index in [0.717, 1.165) is 10.9 Å². The highest BCUT2D eigenvalue weighted by Gasteiger charge is 2.09. The lowest BCUT2D eigenvalue weighted by molar-refractivity contribution is 0.451. The molecule has 0 saturated carbocycles. The Bertz CT molecular complexity index is 420. The maximum absolute atomic E-state index is 12.5. The van der Waals surface area contributed by atoms with E-state index >= 15 is 0 Å². The maximum atomic E-state index is 12.5. The number of para-hydroxylation sites is 1. The minimum Gasteiger partial charge on any atom is -0.356 e. The molecule has 13 heavy (non-hydrogen) atoms. The predicted molar refractivity (Wildman–Crippen MR) is 47.9 cm³/mol. The van der Waals surface area contributed by atoms with Gasteiger partial charge >= 0.3 is 0 Å². The number of alkyl halides is 2. The van der Waals surface area contributed by atoms with E-state index in [9.17, 15) is 8.78 Å².